The van der Waals surface area contributed by atoms with Crippen LogP contribution in [0.4, 0.5) is 10.2 Å². The fourth-order valence-corrected chi connectivity index (χ4v) is 2.21. The number of hydrogen-bond donors (Lipinski definition) is 4. The van der Waals surface area contributed by atoms with E-state index in [0.29, 0.717) is 0 Å². The monoisotopic (exact) mass is 285 g/mol. The van der Waals surface area contributed by atoms with Crippen LogP contribution in [0.15, 0.2) is 6.33 Å². The zero-order chi connectivity index (χ0) is 14.4. The lowest BCUT2D eigenvalue weighted by Gasteiger charge is -2.16. The molecule has 2 aromatic rings. The SMILES string of the molecule is Nc1nc(F)nc2c1ncn2[C@H]1O[C@@H](CO)[C@H](O)[C@H]1O. The first-order valence-electron chi connectivity index (χ1n) is 5.81. The van der Waals surface area contributed by atoms with Crippen LogP contribution < -0.4 is 5.73 Å². The van der Waals surface area contributed by atoms with Crippen LogP contribution in [0.2, 0.25) is 0 Å². The van der Waals surface area contributed by atoms with Gasteiger partial charge in [-0.25, -0.2) is 4.98 Å². The minimum Gasteiger partial charge on any atom is -0.394 e. The number of nitrogens with zero attached hydrogens (tertiary/aromatic N) is 4. The van der Waals surface area contributed by atoms with E-state index < -0.39 is 37.2 Å². The highest BCUT2D eigenvalue weighted by Crippen LogP contribution is 2.31. The van der Waals surface area contributed by atoms with Gasteiger partial charge in [-0.1, -0.05) is 0 Å². The van der Waals surface area contributed by atoms with Crippen molar-refractivity contribution in [2.75, 3.05) is 12.3 Å². The minimum atomic E-state index is -1.32. The zero-order valence-electron chi connectivity index (χ0n) is 10.1. The van der Waals surface area contributed by atoms with Crippen molar-refractivity contribution in [3.63, 3.8) is 0 Å². The third kappa shape index (κ3) is 1.81. The summed E-state index contributed by atoms with van der Waals surface area (Å²) < 4.78 is 19.8. The third-order valence-corrected chi connectivity index (χ3v) is 3.21. The standard InChI is InChI=1S/C10H12FN5O4/c11-10-14-7(12)4-8(15-10)16(2-13-4)9-6(19)5(18)3(1-17)20-9/h2-3,5-6,9,17-19H,1H2,(H2,12,14,15)/t3-,5-,6+,9-/m0/s1. The molecule has 4 atom stereocenters. The molecule has 0 aromatic carbocycles. The van der Waals surface area contributed by atoms with Gasteiger partial charge in [-0.3, -0.25) is 4.57 Å². The number of hydrogen-bond acceptors (Lipinski definition) is 8. The number of nitrogens with two attached hydrogens (primary N) is 1. The molecule has 0 bridgehead atoms. The van der Waals surface area contributed by atoms with E-state index in [-0.39, 0.29) is 17.0 Å². The number of anilines is 1. The second kappa shape index (κ2) is 4.59. The van der Waals surface area contributed by atoms with E-state index in [1.54, 1.807) is 0 Å². The fraction of sp³-hybridized carbons (Fsp3) is 0.500. The largest absolute Gasteiger partial charge is 0.394 e. The molecule has 0 unspecified atom stereocenters. The first kappa shape index (κ1) is 13.1. The Morgan fingerprint density at radius 1 is 1.35 bits per heavy atom. The van der Waals surface area contributed by atoms with Crippen molar-refractivity contribution in [2.24, 2.45) is 0 Å². The van der Waals surface area contributed by atoms with Crippen molar-refractivity contribution in [3.05, 3.63) is 12.4 Å². The predicted molar refractivity (Wildman–Crippen MR) is 62.7 cm³/mol. The van der Waals surface area contributed by atoms with E-state index in [2.05, 4.69) is 15.0 Å². The van der Waals surface area contributed by atoms with Gasteiger partial charge in [0, 0.05) is 0 Å². The Morgan fingerprint density at radius 2 is 2.10 bits per heavy atom. The van der Waals surface area contributed by atoms with Crippen molar-refractivity contribution in [1.29, 1.82) is 0 Å². The molecule has 3 rings (SSSR count). The highest BCUT2D eigenvalue weighted by Gasteiger charge is 2.44. The summed E-state index contributed by atoms with van der Waals surface area (Å²) in [5, 5.41) is 28.7. The molecule has 2 aromatic heterocycles. The van der Waals surface area contributed by atoms with E-state index in [4.69, 9.17) is 15.6 Å². The van der Waals surface area contributed by atoms with Crippen molar-refractivity contribution in [3.8, 4) is 0 Å². The van der Waals surface area contributed by atoms with Gasteiger partial charge < -0.3 is 25.8 Å². The first-order valence-corrected chi connectivity index (χ1v) is 5.81. The highest BCUT2D eigenvalue weighted by molar-refractivity contribution is 5.81. The molecule has 10 heteroatoms. The molecule has 3 heterocycles. The molecule has 0 radical (unpaired) electrons. The van der Waals surface area contributed by atoms with Crippen molar-refractivity contribution in [1.82, 2.24) is 19.5 Å². The topological polar surface area (TPSA) is 140 Å². The molecule has 1 saturated heterocycles. The van der Waals surface area contributed by atoms with Crippen LogP contribution in [0.1, 0.15) is 6.23 Å². The predicted octanol–water partition coefficient (Wildman–Crippen LogP) is -1.84. The van der Waals surface area contributed by atoms with Gasteiger partial charge in [-0.05, 0) is 0 Å². The fourth-order valence-electron chi connectivity index (χ4n) is 2.21. The molecule has 1 aliphatic rings. The zero-order valence-corrected chi connectivity index (χ0v) is 10.1. The van der Waals surface area contributed by atoms with Crippen LogP contribution in [-0.2, 0) is 4.74 Å². The number of fused-ring (bicyclic) bond motifs is 1. The highest BCUT2D eigenvalue weighted by atomic mass is 19.1. The molecule has 0 spiro atoms. The van der Waals surface area contributed by atoms with E-state index in [1.165, 1.54) is 10.9 Å². The maximum Gasteiger partial charge on any atom is 0.312 e. The summed E-state index contributed by atoms with van der Waals surface area (Å²) in [4.78, 5) is 10.8. The quantitative estimate of drug-likeness (QED) is 0.472. The Kier molecular flexibility index (Phi) is 3.01. The number of nitrogen functional groups attached to an aromatic ring is 1. The Bertz CT molecular complexity index is 650. The van der Waals surface area contributed by atoms with E-state index in [0.717, 1.165) is 0 Å². The Hall–Kier alpha value is -1.88. The van der Waals surface area contributed by atoms with Gasteiger partial charge in [0.15, 0.2) is 23.2 Å². The van der Waals surface area contributed by atoms with Gasteiger partial charge in [0.05, 0.1) is 12.9 Å². The maximum atomic E-state index is 13.2. The van der Waals surface area contributed by atoms with Crippen molar-refractivity contribution in [2.45, 2.75) is 24.5 Å². The number of ether oxygens (including phenoxy) is 1. The Morgan fingerprint density at radius 3 is 2.75 bits per heavy atom. The van der Waals surface area contributed by atoms with E-state index in [1.807, 2.05) is 0 Å². The summed E-state index contributed by atoms with van der Waals surface area (Å²) in [6.07, 6.45) is -4.38. The molecule has 5 N–H and O–H groups in total. The number of halogens is 1. The van der Waals surface area contributed by atoms with Gasteiger partial charge >= 0.3 is 6.08 Å². The number of aliphatic hydroxyl groups is 3. The third-order valence-electron chi connectivity index (χ3n) is 3.21. The Balaban J connectivity index is 2.07. The molecule has 0 aliphatic carbocycles. The van der Waals surface area contributed by atoms with Crippen LogP contribution in [0.25, 0.3) is 11.2 Å². The molecule has 20 heavy (non-hydrogen) atoms. The van der Waals surface area contributed by atoms with Crippen molar-refractivity contribution >= 4 is 17.0 Å². The second-order valence-electron chi connectivity index (χ2n) is 4.43. The number of aliphatic hydroxyl groups excluding tert-OH is 3. The molecule has 1 fully saturated rings. The Labute approximate surface area is 111 Å². The van der Waals surface area contributed by atoms with Crippen LogP contribution in [0.5, 0.6) is 0 Å². The van der Waals surface area contributed by atoms with Gasteiger partial charge in [-0.15, -0.1) is 0 Å². The summed E-state index contributed by atoms with van der Waals surface area (Å²) in [6, 6.07) is 0. The summed E-state index contributed by atoms with van der Waals surface area (Å²) in [6.45, 7) is -0.465. The van der Waals surface area contributed by atoms with Crippen LogP contribution in [0.3, 0.4) is 0 Å². The number of rotatable bonds is 2. The molecule has 1 aliphatic heterocycles. The van der Waals surface area contributed by atoms with Gasteiger partial charge in [0.1, 0.15) is 18.3 Å². The molecular weight excluding hydrogens is 273 g/mol. The summed E-state index contributed by atoms with van der Waals surface area (Å²) in [5.41, 5.74) is 5.71. The average Bonchev–Trinajstić information content (AvgIpc) is 2.93. The van der Waals surface area contributed by atoms with Crippen molar-refractivity contribution < 1.29 is 24.4 Å². The first-order chi connectivity index (χ1) is 9.52. The summed E-state index contributed by atoms with van der Waals surface area (Å²) in [7, 11) is 0. The number of aromatic nitrogens is 4. The lowest BCUT2D eigenvalue weighted by atomic mass is 10.1. The van der Waals surface area contributed by atoms with Gasteiger partial charge in [0.2, 0.25) is 0 Å². The van der Waals surface area contributed by atoms with E-state index >= 15 is 0 Å². The smallest absolute Gasteiger partial charge is 0.312 e. The molecule has 9 nitrogen and oxygen atoms in total. The van der Waals surface area contributed by atoms with Crippen LogP contribution in [0, 0.1) is 6.08 Å². The lowest BCUT2D eigenvalue weighted by Crippen LogP contribution is -2.33. The second-order valence-corrected chi connectivity index (χ2v) is 4.43. The number of imidazole rings is 1. The summed E-state index contributed by atoms with van der Waals surface area (Å²) in [5.74, 6) is -0.141. The van der Waals surface area contributed by atoms with Crippen LogP contribution in [-0.4, -0.2) is 59.8 Å². The molecule has 108 valence electrons. The van der Waals surface area contributed by atoms with Gasteiger partial charge in [0.25, 0.3) is 0 Å². The molecular formula is C10H12FN5O4. The molecule has 0 saturated carbocycles. The average molecular weight is 285 g/mol. The lowest BCUT2D eigenvalue weighted by molar-refractivity contribution is -0.0511. The van der Waals surface area contributed by atoms with E-state index in [9.17, 15) is 14.6 Å². The maximum absolute atomic E-state index is 13.2. The van der Waals surface area contributed by atoms with Crippen LogP contribution >= 0.6 is 0 Å². The minimum absolute atomic E-state index is 0.0323. The summed E-state index contributed by atoms with van der Waals surface area (Å²) >= 11 is 0. The molecule has 0 amide bonds. The normalized spacial score (nSPS) is 30.2. The van der Waals surface area contributed by atoms with Gasteiger partial charge in [-0.2, -0.15) is 14.4 Å².